The van der Waals surface area contributed by atoms with Crippen molar-refractivity contribution in [1.82, 2.24) is 15.6 Å². The van der Waals surface area contributed by atoms with Gasteiger partial charge in [-0.1, -0.05) is 11.6 Å². The number of rotatable bonds is 5. The molecule has 122 valence electrons. The molecule has 0 bridgehead atoms. The van der Waals surface area contributed by atoms with E-state index in [-0.39, 0.29) is 30.7 Å². The van der Waals surface area contributed by atoms with Gasteiger partial charge in [0.2, 0.25) is 5.91 Å². The fourth-order valence-corrected chi connectivity index (χ4v) is 3.84. The summed E-state index contributed by atoms with van der Waals surface area (Å²) < 4.78 is 0.753. The fraction of sp³-hybridized carbons (Fsp3) is 0.385. The largest absolute Gasteiger partial charge is 0.355 e. The zero-order valence-electron chi connectivity index (χ0n) is 11.5. The molecule has 0 atom stereocenters. The van der Waals surface area contributed by atoms with Gasteiger partial charge in [-0.05, 0) is 12.1 Å². The van der Waals surface area contributed by atoms with E-state index in [4.69, 9.17) is 11.6 Å². The Morgan fingerprint density at radius 3 is 2.77 bits per heavy atom. The van der Waals surface area contributed by atoms with E-state index in [1.165, 1.54) is 11.3 Å². The van der Waals surface area contributed by atoms with E-state index in [0.717, 1.165) is 39.5 Å². The molecule has 0 spiro atoms. The summed E-state index contributed by atoms with van der Waals surface area (Å²) in [6.45, 7) is 2.75. The minimum absolute atomic E-state index is 0. The Balaban J connectivity index is 0.00000121. The van der Waals surface area contributed by atoms with Crippen LogP contribution in [0, 0.1) is 5.92 Å². The van der Waals surface area contributed by atoms with E-state index in [1.807, 2.05) is 17.5 Å². The number of nitrogens with one attached hydrogen (secondary N) is 2. The van der Waals surface area contributed by atoms with E-state index >= 15 is 0 Å². The van der Waals surface area contributed by atoms with Gasteiger partial charge in [-0.3, -0.25) is 4.79 Å². The normalized spacial score (nSPS) is 13.7. The van der Waals surface area contributed by atoms with Gasteiger partial charge < -0.3 is 10.6 Å². The molecule has 3 heterocycles. The van der Waals surface area contributed by atoms with Gasteiger partial charge >= 0.3 is 0 Å². The first kappa shape index (κ1) is 19.7. The number of carbonyl (C=O) groups excluding carboxylic acids is 1. The summed E-state index contributed by atoms with van der Waals surface area (Å²) in [4.78, 5) is 17.4. The Kier molecular flexibility index (Phi) is 8.10. The number of aromatic nitrogens is 1. The van der Waals surface area contributed by atoms with Crippen molar-refractivity contribution in [1.29, 1.82) is 0 Å². The number of amides is 1. The number of thiazole rings is 1. The lowest BCUT2D eigenvalue weighted by Gasteiger charge is -2.26. The molecule has 0 aliphatic carbocycles. The summed E-state index contributed by atoms with van der Waals surface area (Å²) in [6.07, 6.45) is 0.343. The monoisotopic (exact) mass is 399 g/mol. The summed E-state index contributed by atoms with van der Waals surface area (Å²) in [5.41, 5.74) is 0.818. The zero-order chi connectivity index (χ0) is 13.9. The molecule has 1 aliphatic rings. The van der Waals surface area contributed by atoms with Gasteiger partial charge in [0, 0.05) is 30.9 Å². The number of halogens is 3. The van der Waals surface area contributed by atoms with Crippen LogP contribution in [-0.2, 0) is 11.2 Å². The molecule has 4 nitrogen and oxygen atoms in total. The van der Waals surface area contributed by atoms with Crippen molar-refractivity contribution >= 4 is 65.0 Å². The maximum absolute atomic E-state index is 11.8. The van der Waals surface area contributed by atoms with Crippen LogP contribution in [-0.4, -0.2) is 30.5 Å². The highest BCUT2D eigenvalue weighted by Crippen LogP contribution is 2.32. The molecule has 1 saturated heterocycles. The van der Waals surface area contributed by atoms with Gasteiger partial charge in [-0.2, -0.15) is 0 Å². The topological polar surface area (TPSA) is 54.0 Å². The molecule has 0 radical (unpaired) electrons. The van der Waals surface area contributed by atoms with Crippen LogP contribution in [0.25, 0.3) is 9.88 Å². The molecule has 0 unspecified atom stereocenters. The molecular weight excluding hydrogens is 385 g/mol. The molecule has 0 saturated carbocycles. The van der Waals surface area contributed by atoms with E-state index in [1.54, 1.807) is 11.3 Å². The lowest BCUT2D eigenvalue weighted by atomic mass is 10.0. The minimum Gasteiger partial charge on any atom is -0.355 e. The predicted octanol–water partition coefficient (Wildman–Crippen LogP) is 3.25. The number of nitrogens with zero attached hydrogens (tertiary/aromatic N) is 1. The van der Waals surface area contributed by atoms with E-state index in [2.05, 4.69) is 15.6 Å². The molecular formula is C13H16Cl3N3OS2. The van der Waals surface area contributed by atoms with Crippen LogP contribution in [0.15, 0.2) is 17.5 Å². The molecule has 2 aromatic rings. The highest BCUT2D eigenvalue weighted by molar-refractivity contribution is 7.23. The summed E-state index contributed by atoms with van der Waals surface area (Å²) in [7, 11) is 0. The average molecular weight is 401 g/mol. The molecule has 0 aromatic carbocycles. The SMILES string of the molecule is Cl.Cl.O=C(Cc1csc(-c2ccc(Cl)s2)n1)NCC1CNC1. The highest BCUT2D eigenvalue weighted by atomic mass is 35.5. The van der Waals surface area contributed by atoms with Crippen molar-refractivity contribution in [3.05, 3.63) is 27.5 Å². The Bertz CT molecular complexity index is 613. The second kappa shape index (κ2) is 9.05. The Labute approximate surface area is 154 Å². The van der Waals surface area contributed by atoms with Crippen LogP contribution in [0.5, 0.6) is 0 Å². The summed E-state index contributed by atoms with van der Waals surface area (Å²) in [5.74, 6) is 0.621. The second-order valence-corrected chi connectivity index (χ2v) is 7.33. The summed E-state index contributed by atoms with van der Waals surface area (Å²) in [5, 5.41) is 9.00. The van der Waals surface area contributed by atoms with Crippen molar-refractivity contribution in [2.24, 2.45) is 5.92 Å². The highest BCUT2D eigenvalue weighted by Gasteiger charge is 2.17. The Morgan fingerprint density at radius 2 is 2.18 bits per heavy atom. The molecule has 3 rings (SSSR count). The lowest BCUT2D eigenvalue weighted by Crippen LogP contribution is -2.48. The van der Waals surface area contributed by atoms with Crippen LogP contribution >= 0.6 is 59.1 Å². The molecule has 9 heteroatoms. The molecule has 22 heavy (non-hydrogen) atoms. The minimum atomic E-state index is 0. The van der Waals surface area contributed by atoms with Gasteiger partial charge in [-0.25, -0.2) is 4.98 Å². The fourth-order valence-electron chi connectivity index (χ4n) is 1.91. The number of hydrogen-bond acceptors (Lipinski definition) is 5. The lowest BCUT2D eigenvalue weighted by molar-refractivity contribution is -0.120. The maximum Gasteiger partial charge on any atom is 0.226 e. The molecule has 2 aromatic heterocycles. The van der Waals surface area contributed by atoms with Crippen LogP contribution < -0.4 is 10.6 Å². The molecule has 1 amide bonds. The summed E-state index contributed by atoms with van der Waals surface area (Å²) >= 11 is 8.97. The van der Waals surface area contributed by atoms with Crippen molar-refractivity contribution in [2.45, 2.75) is 6.42 Å². The molecule has 1 aliphatic heterocycles. The van der Waals surface area contributed by atoms with E-state index < -0.39 is 0 Å². The van der Waals surface area contributed by atoms with Gasteiger partial charge in [0.1, 0.15) is 5.01 Å². The first-order valence-corrected chi connectivity index (χ1v) is 8.45. The zero-order valence-corrected chi connectivity index (χ0v) is 15.5. The third kappa shape index (κ3) is 5.08. The third-order valence-corrected chi connectivity index (χ3v) is 5.42. The number of carbonyl (C=O) groups is 1. The van der Waals surface area contributed by atoms with Crippen molar-refractivity contribution in [2.75, 3.05) is 19.6 Å². The summed E-state index contributed by atoms with van der Waals surface area (Å²) in [6, 6.07) is 3.82. The van der Waals surface area contributed by atoms with E-state index in [0.29, 0.717) is 12.3 Å². The van der Waals surface area contributed by atoms with Gasteiger partial charge in [-0.15, -0.1) is 47.5 Å². The number of thiophene rings is 1. The number of hydrogen-bond donors (Lipinski definition) is 2. The molecule has 1 fully saturated rings. The standard InChI is InChI=1S/C13H14ClN3OS2.2ClH/c14-11-2-1-10(20-11)13-17-9(7-19-13)3-12(18)16-6-8-4-15-5-8;;/h1-2,7-8,15H,3-6H2,(H,16,18);2*1H. The van der Waals surface area contributed by atoms with Crippen LogP contribution in [0.4, 0.5) is 0 Å². The van der Waals surface area contributed by atoms with Crippen LogP contribution in [0.3, 0.4) is 0 Å². The smallest absolute Gasteiger partial charge is 0.226 e. The second-order valence-electron chi connectivity index (χ2n) is 4.75. The Hall–Kier alpha value is -0.370. The van der Waals surface area contributed by atoms with Crippen LogP contribution in [0.1, 0.15) is 5.69 Å². The van der Waals surface area contributed by atoms with Gasteiger partial charge in [0.15, 0.2) is 0 Å². The quantitative estimate of drug-likeness (QED) is 0.810. The van der Waals surface area contributed by atoms with Crippen molar-refractivity contribution in [3.8, 4) is 9.88 Å². The first-order chi connectivity index (χ1) is 9.70. The molecule has 2 N–H and O–H groups in total. The van der Waals surface area contributed by atoms with Crippen LogP contribution in [0.2, 0.25) is 4.34 Å². The third-order valence-electron chi connectivity index (χ3n) is 3.13. The van der Waals surface area contributed by atoms with Gasteiger partial charge in [0.05, 0.1) is 21.3 Å². The van der Waals surface area contributed by atoms with E-state index in [9.17, 15) is 4.79 Å². The Morgan fingerprint density at radius 1 is 1.41 bits per heavy atom. The predicted molar refractivity (Wildman–Crippen MR) is 98.0 cm³/mol. The first-order valence-electron chi connectivity index (χ1n) is 6.38. The van der Waals surface area contributed by atoms with Crippen molar-refractivity contribution < 1.29 is 4.79 Å². The maximum atomic E-state index is 11.8. The van der Waals surface area contributed by atoms with Gasteiger partial charge in [0.25, 0.3) is 0 Å². The average Bonchev–Trinajstić information content (AvgIpc) is 2.96. The van der Waals surface area contributed by atoms with Crippen molar-refractivity contribution in [3.63, 3.8) is 0 Å².